The zero-order valence-electron chi connectivity index (χ0n) is 8.83. The van der Waals surface area contributed by atoms with Gasteiger partial charge in [-0.05, 0) is 11.6 Å². The zero-order chi connectivity index (χ0) is 11.7. The van der Waals surface area contributed by atoms with Crippen LogP contribution in [0.25, 0.3) is 0 Å². The average molecular weight is 220 g/mol. The highest BCUT2D eigenvalue weighted by Gasteiger charge is 2.42. The molecular formula is C11H12N2O3. The topological polar surface area (TPSA) is 70.5 Å². The number of likely N-dealkylation sites (tertiary alicyclic amines) is 1. The molecular weight excluding hydrogens is 208 g/mol. The Hall–Kier alpha value is -1.91. The standard InChI is InChI=1S/C11H12N2O3/c1-13-9(14)5-8(11(15)16)10(13)7-3-2-4-12-6-7/h2-4,6,8,10H,5H2,1H3,(H,15,16)/t8-,10?/m0/s1. The first kappa shape index (κ1) is 10.6. The lowest BCUT2D eigenvalue weighted by Gasteiger charge is -2.22. The van der Waals surface area contributed by atoms with E-state index in [1.165, 1.54) is 4.90 Å². The monoisotopic (exact) mass is 220 g/mol. The predicted molar refractivity (Wildman–Crippen MR) is 55.5 cm³/mol. The van der Waals surface area contributed by atoms with Crippen molar-refractivity contribution in [2.45, 2.75) is 12.5 Å². The van der Waals surface area contributed by atoms with Crippen molar-refractivity contribution in [1.29, 1.82) is 0 Å². The van der Waals surface area contributed by atoms with Gasteiger partial charge >= 0.3 is 5.97 Å². The number of hydrogen-bond donors (Lipinski definition) is 1. The number of hydrogen-bond acceptors (Lipinski definition) is 3. The van der Waals surface area contributed by atoms with Gasteiger partial charge in [0.1, 0.15) is 0 Å². The maximum absolute atomic E-state index is 11.5. The van der Waals surface area contributed by atoms with Crippen LogP contribution in [-0.4, -0.2) is 33.9 Å². The van der Waals surface area contributed by atoms with Crippen LogP contribution in [0.15, 0.2) is 24.5 Å². The maximum atomic E-state index is 11.5. The Balaban J connectivity index is 2.37. The van der Waals surface area contributed by atoms with E-state index in [9.17, 15) is 9.59 Å². The highest BCUT2D eigenvalue weighted by atomic mass is 16.4. The number of carbonyl (C=O) groups is 2. The number of pyridine rings is 1. The van der Waals surface area contributed by atoms with Gasteiger partial charge in [-0.25, -0.2) is 0 Å². The number of amides is 1. The van der Waals surface area contributed by atoms with Gasteiger partial charge in [0.2, 0.25) is 5.91 Å². The van der Waals surface area contributed by atoms with Crippen molar-refractivity contribution in [3.05, 3.63) is 30.1 Å². The molecule has 1 N–H and O–H groups in total. The van der Waals surface area contributed by atoms with Crippen LogP contribution >= 0.6 is 0 Å². The van der Waals surface area contributed by atoms with E-state index in [2.05, 4.69) is 4.98 Å². The lowest BCUT2D eigenvalue weighted by Crippen LogP contribution is -2.26. The summed E-state index contributed by atoms with van der Waals surface area (Å²) >= 11 is 0. The molecule has 0 aromatic carbocycles. The van der Waals surface area contributed by atoms with Crippen LogP contribution in [0, 0.1) is 5.92 Å². The van der Waals surface area contributed by atoms with E-state index in [0.717, 1.165) is 5.56 Å². The van der Waals surface area contributed by atoms with Crippen LogP contribution in [0.4, 0.5) is 0 Å². The van der Waals surface area contributed by atoms with Gasteiger partial charge in [-0.2, -0.15) is 0 Å². The molecule has 2 heterocycles. The van der Waals surface area contributed by atoms with Crippen molar-refractivity contribution in [2.75, 3.05) is 7.05 Å². The molecule has 1 aromatic rings. The molecule has 0 radical (unpaired) electrons. The quantitative estimate of drug-likeness (QED) is 0.795. The first-order chi connectivity index (χ1) is 7.61. The van der Waals surface area contributed by atoms with Gasteiger partial charge in [-0.15, -0.1) is 0 Å². The molecule has 2 atom stereocenters. The van der Waals surface area contributed by atoms with Gasteiger partial charge in [0.15, 0.2) is 0 Å². The predicted octanol–water partition coefficient (Wildman–Crippen LogP) is 0.686. The summed E-state index contributed by atoms with van der Waals surface area (Å²) in [5.74, 6) is -1.76. The van der Waals surface area contributed by atoms with E-state index in [1.807, 2.05) is 0 Å². The maximum Gasteiger partial charge on any atom is 0.309 e. The van der Waals surface area contributed by atoms with Gasteiger partial charge in [-0.3, -0.25) is 14.6 Å². The molecule has 1 aliphatic heterocycles. The van der Waals surface area contributed by atoms with Gasteiger partial charge in [0.25, 0.3) is 0 Å². The van der Waals surface area contributed by atoms with E-state index in [0.29, 0.717) is 0 Å². The zero-order valence-corrected chi connectivity index (χ0v) is 8.83. The Morgan fingerprint density at radius 3 is 2.94 bits per heavy atom. The average Bonchev–Trinajstić information content (AvgIpc) is 2.57. The summed E-state index contributed by atoms with van der Waals surface area (Å²) in [6.07, 6.45) is 3.29. The summed E-state index contributed by atoms with van der Waals surface area (Å²) in [4.78, 5) is 28.0. The van der Waals surface area contributed by atoms with Crippen molar-refractivity contribution in [1.82, 2.24) is 9.88 Å². The Kier molecular flexibility index (Phi) is 2.60. The first-order valence-electron chi connectivity index (χ1n) is 4.99. The molecule has 2 rings (SSSR count). The van der Waals surface area contributed by atoms with Gasteiger partial charge in [0.05, 0.1) is 12.0 Å². The third-order valence-electron chi connectivity index (χ3n) is 2.93. The molecule has 1 saturated heterocycles. The number of rotatable bonds is 2. The van der Waals surface area contributed by atoms with Crippen molar-refractivity contribution in [3.63, 3.8) is 0 Å². The third-order valence-corrected chi connectivity index (χ3v) is 2.93. The summed E-state index contributed by atoms with van der Waals surface area (Å²) in [7, 11) is 1.63. The summed E-state index contributed by atoms with van der Waals surface area (Å²) in [5, 5.41) is 9.08. The van der Waals surface area contributed by atoms with Crippen molar-refractivity contribution >= 4 is 11.9 Å². The molecule has 5 nitrogen and oxygen atoms in total. The second-order valence-electron chi connectivity index (χ2n) is 3.88. The third kappa shape index (κ3) is 1.64. The molecule has 0 aliphatic carbocycles. The van der Waals surface area contributed by atoms with Crippen molar-refractivity contribution < 1.29 is 14.7 Å². The van der Waals surface area contributed by atoms with Crippen LogP contribution in [0.1, 0.15) is 18.0 Å². The minimum Gasteiger partial charge on any atom is -0.481 e. The van der Waals surface area contributed by atoms with Crippen LogP contribution in [0.2, 0.25) is 0 Å². The fraction of sp³-hybridized carbons (Fsp3) is 0.364. The molecule has 5 heteroatoms. The second-order valence-corrected chi connectivity index (χ2v) is 3.88. The van der Waals surface area contributed by atoms with E-state index < -0.39 is 17.9 Å². The summed E-state index contributed by atoms with van der Waals surface area (Å²) < 4.78 is 0. The van der Waals surface area contributed by atoms with Crippen molar-refractivity contribution in [2.24, 2.45) is 5.92 Å². The number of carboxylic acid groups (broad SMARTS) is 1. The number of carbonyl (C=O) groups excluding carboxylic acids is 1. The van der Waals surface area contributed by atoms with Crippen LogP contribution in [-0.2, 0) is 9.59 Å². The normalized spacial score (nSPS) is 24.8. The van der Waals surface area contributed by atoms with Gasteiger partial charge in [0, 0.05) is 25.9 Å². The number of aliphatic carboxylic acids is 1. The molecule has 1 aliphatic rings. The molecule has 0 spiro atoms. The summed E-state index contributed by atoms with van der Waals surface area (Å²) in [5.41, 5.74) is 0.767. The molecule has 1 aromatic heterocycles. The van der Waals surface area contributed by atoms with Crippen LogP contribution in [0.3, 0.4) is 0 Å². The van der Waals surface area contributed by atoms with Crippen molar-refractivity contribution in [3.8, 4) is 0 Å². The van der Waals surface area contributed by atoms with Crippen LogP contribution < -0.4 is 0 Å². The number of aromatic nitrogens is 1. The SMILES string of the molecule is CN1C(=O)C[C@H](C(=O)O)C1c1cccnc1. The van der Waals surface area contributed by atoms with E-state index >= 15 is 0 Å². The fourth-order valence-corrected chi connectivity index (χ4v) is 2.10. The van der Waals surface area contributed by atoms with Crippen LogP contribution in [0.5, 0.6) is 0 Å². The van der Waals surface area contributed by atoms with Gasteiger partial charge in [-0.1, -0.05) is 6.07 Å². The molecule has 84 valence electrons. The Labute approximate surface area is 92.7 Å². The Bertz CT molecular complexity index is 418. The molecule has 1 fully saturated rings. The summed E-state index contributed by atoms with van der Waals surface area (Å²) in [6, 6.07) is 3.13. The van der Waals surface area contributed by atoms with E-state index in [-0.39, 0.29) is 12.3 Å². The molecule has 1 unspecified atom stereocenters. The highest BCUT2D eigenvalue weighted by Crippen LogP contribution is 2.36. The minimum absolute atomic E-state index is 0.0609. The lowest BCUT2D eigenvalue weighted by molar-refractivity contribution is -0.142. The Morgan fingerprint density at radius 2 is 2.38 bits per heavy atom. The van der Waals surface area contributed by atoms with E-state index in [1.54, 1.807) is 31.6 Å². The Morgan fingerprint density at radius 1 is 1.62 bits per heavy atom. The molecule has 16 heavy (non-hydrogen) atoms. The first-order valence-corrected chi connectivity index (χ1v) is 4.99. The highest BCUT2D eigenvalue weighted by molar-refractivity contribution is 5.87. The smallest absolute Gasteiger partial charge is 0.309 e. The lowest BCUT2D eigenvalue weighted by atomic mass is 9.95. The van der Waals surface area contributed by atoms with Gasteiger partial charge < -0.3 is 10.0 Å². The summed E-state index contributed by atoms with van der Waals surface area (Å²) in [6.45, 7) is 0. The largest absolute Gasteiger partial charge is 0.481 e. The van der Waals surface area contributed by atoms with E-state index in [4.69, 9.17) is 5.11 Å². The fourth-order valence-electron chi connectivity index (χ4n) is 2.10. The number of carboxylic acids is 1. The number of nitrogens with zero attached hydrogens (tertiary/aromatic N) is 2. The molecule has 0 bridgehead atoms. The minimum atomic E-state index is -0.938. The molecule has 1 amide bonds. The molecule has 0 saturated carbocycles. The second kappa shape index (κ2) is 3.92.